The summed E-state index contributed by atoms with van der Waals surface area (Å²) >= 11 is 0. The molecule has 1 aromatic rings. The summed E-state index contributed by atoms with van der Waals surface area (Å²) in [6.45, 7) is -0.948. The van der Waals surface area contributed by atoms with Crippen molar-refractivity contribution >= 4 is 12.0 Å². The van der Waals surface area contributed by atoms with Crippen LogP contribution < -0.4 is 0 Å². The van der Waals surface area contributed by atoms with Gasteiger partial charge in [-0.15, -0.1) is 0 Å². The van der Waals surface area contributed by atoms with Gasteiger partial charge < -0.3 is 30.3 Å². The van der Waals surface area contributed by atoms with E-state index in [1.807, 2.05) is 30.3 Å². The molecule has 0 aliphatic rings. The third-order valence-corrected chi connectivity index (χ3v) is 2.93. The Morgan fingerprint density at radius 1 is 1.09 bits per heavy atom. The van der Waals surface area contributed by atoms with Crippen molar-refractivity contribution in [2.45, 2.75) is 24.4 Å². The summed E-state index contributed by atoms with van der Waals surface area (Å²) < 4.78 is 4.72. The zero-order valence-electron chi connectivity index (χ0n) is 11.8. The van der Waals surface area contributed by atoms with E-state index in [0.717, 1.165) is 5.56 Å². The minimum absolute atomic E-state index is 0.129. The fourth-order valence-electron chi connectivity index (χ4n) is 1.63. The van der Waals surface area contributed by atoms with E-state index in [-0.39, 0.29) is 6.61 Å². The monoisotopic (exact) mass is 312 g/mol. The first-order valence-electron chi connectivity index (χ1n) is 6.68. The molecule has 1 aromatic carbocycles. The molecule has 0 spiro atoms. The summed E-state index contributed by atoms with van der Waals surface area (Å²) in [6.07, 6.45) is -4.27. The second-order valence-corrected chi connectivity index (χ2v) is 4.62. The molecular formula is C15H20O7. The molecule has 0 unspecified atom stereocenters. The van der Waals surface area contributed by atoms with Gasteiger partial charge >= 0.3 is 5.97 Å². The molecule has 4 atom stereocenters. The van der Waals surface area contributed by atoms with E-state index in [2.05, 4.69) is 0 Å². The summed E-state index contributed by atoms with van der Waals surface area (Å²) in [4.78, 5) is 11.5. The molecule has 22 heavy (non-hydrogen) atoms. The predicted octanol–water partition coefficient (Wildman–Crippen LogP) is -1.32. The Morgan fingerprint density at radius 2 is 1.73 bits per heavy atom. The van der Waals surface area contributed by atoms with Gasteiger partial charge in [-0.3, -0.25) is 0 Å². The maximum absolute atomic E-state index is 11.5. The Balaban J connectivity index is 2.42. The molecule has 0 radical (unpaired) electrons. The van der Waals surface area contributed by atoms with E-state index in [4.69, 9.17) is 14.9 Å². The van der Waals surface area contributed by atoms with Crippen LogP contribution in [0.2, 0.25) is 0 Å². The van der Waals surface area contributed by atoms with Gasteiger partial charge in [0, 0.05) is 0 Å². The van der Waals surface area contributed by atoms with Crippen LogP contribution in [0, 0.1) is 0 Å². The van der Waals surface area contributed by atoms with Crippen LogP contribution in [0.1, 0.15) is 5.56 Å². The number of esters is 1. The third-order valence-electron chi connectivity index (χ3n) is 2.93. The largest absolute Gasteiger partial charge is 0.459 e. The van der Waals surface area contributed by atoms with E-state index < -0.39 is 37.0 Å². The molecule has 0 aliphatic heterocycles. The lowest BCUT2D eigenvalue weighted by Crippen LogP contribution is -2.49. The predicted molar refractivity (Wildman–Crippen MR) is 77.5 cm³/mol. The van der Waals surface area contributed by atoms with Crippen LogP contribution in [0.25, 0.3) is 6.08 Å². The number of rotatable bonds is 8. The van der Waals surface area contributed by atoms with E-state index >= 15 is 0 Å². The van der Waals surface area contributed by atoms with Gasteiger partial charge in [0.2, 0.25) is 0 Å². The number of benzene rings is 1. The van der Waals surface area contributed by atoms with Gasteiger partial charge in [0.25, 0.3) is 0 Å². The molecule has 0 aromatic heterocycles. The minimum atomic E-state index is -2.03. The van der Waals surface area contributed by atoms with Crippen molar-refractivity contribution in [1.82, 2.24) is 0 Å². The van der Waals surface area contributed by atoms with Crippen molar-refractivity contribution in [3.8, 4) is 0 Å². The molecule has 0 saturated carbocycles. The van der Waals surface area contributed by atoms with Crippen molar-refractivity contribution in [3.63, 3.8) is 0 Å². The molecule has 0 bridgehead atoms. The first-order chi connectivity index (χ1) is 10.5. The Hall–Kier alpha value is -1.77. The third kappa shape index (κ3) is 5.55. The first-order valence-corrected chi connectivity index (χ1v) is 6.68. The average Bonchev–Trinajstić information content (AvgIpc) is 2.56. The Kier molecular flexibility index (Phi) is 7.72. The number of ether oxygens (including phenoxy) is 1. The Morgan fingerprint density at radius 3 is 2.32 bits per heavy atom. The minimum Gasteiger partial charge on any atom is -0.459 e. The fraction of sp³-hybridized carbons (Fsp3) is 0.400. The highest BCUT2D eigenvalue weighted by atomic mass is 16.5. The number of aliphatic hydroxyl groups excluding tert-OH is 5. The zero-order chi connectivity index (χ0) is 16.5. The number of carbonyl (C=O) groups excluding carboxylic acids is 1. The number of hydrogen-bond acceptors (Lipinski definition) is 7. The van der Waals surface area contributed by atoms with Crippen LogP contribution in [-0.4, -0.2) is 69.1 Å². The van der Waals surface area contributed by atoms with Crippen molar-refractivity contribution in [1.29, 1.82) is 0 Å². The molecule has 1 rings (SSSR count). The van der Waals surface area contributed by atoms with E-state index in [9.17, 15) is 20.1 Å². The van der Waals surface area contributed by atoms with Gasteiger partial charge in [-0.2, -0.15) is 0 Å². The first kappa shape index (κ1) is 18.3. The Labute approximate surface area is 127 Å². The van der Waals surface area contributed by atoms with Crippen LogP contribution in [0.5, 0.6) is 0 Å². The molecule has 0 fully saturated rings. The highest BCUT2D eigenvalue weighted by Gasteiger charge is 2.34. The van der Waals surface area contributed by atoms with Crippen molar-refractivity contribution < 1.29 is 35.1 Å². The SMILES string of the molecule is O=C(OCC=Cc1ccccc1)[C@H](O)[C@@H](O)[C@H](O)[C@H](O)CO. The topological polar surface area (TPSA) is 127 Å². The average molecular weight is 312 g/mol. The number of hydrogen-bond donors (Lipinski definition) is 5. The second kappa shape index (κ2) is 9.29. The standard InChI is InChI=1S/C15H20O7/c16-9-11(17)12(18)13(19)14(20)15(21)22-8-4-7-10-5-2-1-3-6-10/h1-7,11-14,16-20H,8-9H2/t11-,12-,13+,14-/m1/s1. The summed E-state index contributed by atoms with van der Waals surface area (Å²) in [5.41, 5.74) is 0.903. The molecular weight excluding hydrogens is 292 g/mol. The lowest BCUT2D eigenvalue weighted by molar-refractivity contribution is -0.169. The van der Waals surface area contributed by atoms with Crippen molar-refractivity contribution in [2.24, 2.45) is 0 Å². The molecule has 0 amide bonds. The van der Waals surface area contributed by atoms with Crippen molar-refractivity contribution in [3.05, 3.63) is 42.0 Å². The van der Waals surface area contributed by atoms with Gasteiger partial charge in [0.05, 0.1) is 6.61 Å². The summed E-state index contributed by atoms with van der Waals surface area (Å²) in [7, 11) is 0. The van der Waals surface area contributed by atoms with Gasteiger partial charge in [-0.1, -0.05) is 36.4 Å². The van der Waals surface area contributed by atoms with Crippen LogP contribution in [0.15, 0.2) is 36.4 Å². The molecule has 0 heterocycles. The lowest BCUT2D eigenvalue weighted by Gasteiger charge is -2.24. The number of aliphatic hydroxyl groups is 5. The maximum Gasteiger partial charge on any atom is 0.338 e. The highest BCUT2D eigenvalue weighted by molar-refractivity contribution is 5.75. The molecule has 122 valence electrons. The smallest absolute Gasteiger partial charge is 0.338 e. The highest BCUT2D eigenvalue weighted by Crippen LogP contribution is 2.07. The van der Waals surface area contributed by atoms with Crippen LogP contribution >= 0.6 is 0 Å². The second-order valence-electron chi connectivity index (χ2n) is 4.62. The van der Waals surface area contributed by atoms with Gasteiger partial charge in [-0.05, 0) is 11.6 Å². The Bertz CT molecular complexity index is 474. The summed E-state index contributed by atoms with van der Waals surface area (Å²) in [5.74, 6) is -1.14. The lowest BCUT2D eigenvalue weighted by atomic mass is 10.0. The number of carbonyl (C=O) groups is 1. The quantitative estimate of drug-likeness (QED) is 0.377. The van der Waals surface area contributed by atoms with Gasteiger partial charge in [0.15, 0.2) is 6.10 Å². The fourth-order valence-corrected chi connectivity index (χ4v) is 1.63. The summed E-state index contributed by atoms with van der Waals surface area (Å²) in [5, 5.41) is 46.2. The zero-order valence-corrected chi connectivity index (χ0v) is 11.8. The van der Waals surface area contributed by atoms with E-state index in [1.54, 1.807) is 12.2 Å². The molecule has 0 saturated heterocycles. The van der Waals surface area contributed by atoms with Gasteiger partial charge in [0.1, 0.15) is 24.9 Å². The van der Waals surface area contributed by atoms with Crippen LogP contribution in [-0.2, 0) is 9.53 Å². The van der Waals surface area contributed by atoms with E-state index in [1.165, 1.54) is 0 Å². The van der Waals surface area contributed by atoms with Crippen LogP contribution in [0.4, 0.5) is 0 Å². The summed E-state index contributed by atoms with van der Waals surface area (Å²) in [6, 6.07) is 9.26. The molecule has 0 aliphatic carbocycles. The normalized spacial score (nSPS) is 17.0. The van der Waals surface area contributed by atoms with E-state index in [0.29, 0.717) is 0 Å². The molecule has 7 heteroatoms. The molecule has 5 N–H and O–H groups in total. The van der Waals surface area contributed by atoms with Crippen molar-refractivity contribution in [2.75, 3.05) is 13.2 Å². The van der Waals surface area contributed by atoms with Crippen LogP contribution in [0.3, 0.4) is 0 Å². The maximum atomic E-state index is 11.5. The molecule has 7 nitrogen and oxygen atoms in total. The van der Waals surface area contributed by atoms with Gasteiger partial charge in [-0.25, -0.2) is 4.79 Å².